The van der Waals surface area contributed by atoms with Gasteiger partial charge in [-0.1, -0.05) is 17.7 Å². The summed E-state index contributed by atoms with van der Waals surface area (Å²) in [5.41, 5.74) is 0.787. The van der Waals surface area contributed by atoms with Crippen LogP contribution in [0.2, 0.25) is 5.15 Å². The van der Waals surface area contributed by atoms with Crippen LogP contribution in [0.4, 0.5) is 5.82 Å². The molecule has 8 nitrogen and oxygen atoms in total. The van der Waals surface area contributed by atoms with Crippen molar-refractivity contribution in [2.45, 2.75) is 11.6 Å². The molecule has 0 radical (unpaired) electrons. The molecule has 0 spiro atoms. The molecule has 10 heteroatoms. The van der Waals surface area contributed by atoms with Crippen LogP contribution < -0.4 is 9.62 Å². The summed E-state index contributed by atoms with van der Waals surface area (Å²) in [5.74, 6) is 0.760. The Morgan fingerprint density at radius 3 is 2.75 bits per heavy atom. The summed E-state index contributed by atoms with van der Waals surface area (Å²) in [6.45, 7) is 2.82. The van der Waals surface area contributed by atoms with Crippen molar-refractivity contribution in [1.29, 1.82) is 0 Å². The van der Waals surface area contributed by atoms with E-state index in [4.69, 9.17) is 16.3 Å². The fourth-order valence-electron chi connectivity index (χ4n) is 2.44. The quantitative estimate of drug-likeness (QED) is 0.835. The van der Waals surface area contributed by atoms with Gasteiger partial charge in [0.2, 0.25) is 5.03 Å². The van der Waals surface area contributed by atoms with E-state index < -0.39 is 10.0 Å². The lowest BCUT2D eigenvalue weighted by Crippen LogP contribution is -2.37. The van der Waals surface area contributed by atoms with E-state index in [1.165, 1.54) is 10.9 Å². The maximum Gasteiger partial charge on any atom is 0.261 e. The molecule has 1 aliphatic rings. The standard InChI is InChI=1S/C14H18ClN5O3S/c1-19-10-17-14(12(19)15)24(21,22)18-9-11-3-2-4-16-13(11)20-5-7-23-8-6-20/h2-4,10,18H,5-9H2,1H3. The molecule has 0 atom stereocenters. The molecule has 0 amide bonds. The third-order valence-electron chi connectivity index (χ3n) is 3.72. The van der Waals surface area contributed by atoms with E-state index in [9.17, 15) is 8.42 Å². The predicted octanol–water partition coefficient (Wildman–Crippen LogP) is 0.784. The van der Waals surface area contributed by atoms with Gasteiger partial charge in [0, 0.05) is 38.4 Å². The first-order valence-electron chi connectivity index (χ1n) is 7.42. The van der Waals surface area contributed by atoms with Crippen LogP contribution in [0.15, 0.2) is 29.7 Å². The Kier molecular flexibility index (Phi) is 5.04. The van der Waals surface area contributed by atoms with Crippen molar-refractivity contribution in [1.82, 2.24) is 19.3 Å². The van der Waals surface area contributed by atoms with E-state index in [2.05, 4.69) is 19.6 Å². The van der Waals surface area contributed by atoms with Gasteiger partial charge in [-0.05, 0) is 6.07 Å². The molecule has 3 rings (SSSR count). The van der Waals surface area contributed by atoms with Gasteiger partial charge in [0.1, 0.15) is 11.0 Å². The minimum Gasteiger partial charge on any atom is -0.378 e. The van der Waals surface area contributed by atoms with Gasteiger partial charge in [-0.2, -0.15) is 0 Å². The van der Waals surface area contributed by atoms with Crippen LogP contribution >= 0.6 is 11.6 Å². The molecule has 0 unspecified atom stereocenters. The Morgan fingerprint density at radius 1 is 1.33 bits per heavy atom. The molecular weight excluding hydrogens is 354 g/mol. The second kappa shape index (κ2) is 7.06. The molecule has 130 valence electrons. The van der Waals surface area contributed by atoms with Crippen LogP contribution in [-0.2, 0) is 28.4 Å². The zero-order chi connectivity index (χ0) is 17.2. The summed E-state index contributed by atoms with van der Waals surface area (Å²) in [4.78, 5) is 10.3. The SMILES string of the molecule is Cn1cnc(S(=O)(=O)NCc2cccnc2N2CCOCC2)c1Cl. The summed E-state index contributed by atoms with van der Waals surface area (Å²) in [7, 11) is -2.17. The lowest BCUT2D eigenvalue weighted by Gasteiger charge is -2.29. The van der Waals surface area contributed by atoms with E-state index in [1.807, 2.05) is 6.07 Å². The molecule has 2 aromatic heterocycles. The molecular formula is C14H18ClN5O3S. The van der Waals surface area contributed by atoms with Crippen molar-refractivity contribution in [2.24, 2.45) is 7.05 Å². The summed E-state index contributed by atoms with van der Waals surface area (Å²) >= 11 is 5.97. The summed E-state index contributed by atoms with van der Waals surface area (Å²) in [6.07, 6.45) is 3.05. The van der Waals surface area contributed by atoms with Crippen molar-refractivity contribution in [3.8, 4) is 0 Å². The number of hydrogen-bond acceptors (Lipinski definition) is 6. The van der Waals surface area contributed by atoms with E-state index in [-0.39, 0.29) is 16.7 Å². The smallest absolute Gasteiger partial charge is 0.261 e. The first-order chi connectivity index (χ1) is 11.5. The number of nitrogens with one attached hydrogen (secondary N) is 1. The van der Waals surface area contributed by atoms with Crippen molar-refractivity contribution in [3.63, 3.8) is 0 Å². The minimum atomic E-state index is -3.80. The molecule has 0 bridgehead atoms. The van der Waals surface area contributed by atoms with Crippen LogP contribution in [-0.4, -0.2) is 49.3 Å². The van der Waals surface area contributed by atoms with Gasteiger partial charge >= 0.3 is 0 Å². The maximum absolute atomic E-state index is 12.4. The number of rotatable bonds is 5. The molecule has 0 aromatic carbocycles. The van der Waals surface area contributed by atoms with Gasteiger partial charge in [-0.25, -0.2) is 23.1 Å². The average molecular weight is 372 g/mol. The van der Waals surface area contributed by atoms with Gasteiger partial charge in [-0.3, -0.25) is 0 Å². The highest BCUT2D eigenvalue weighted by Crippen LogP contribution is 2.21. The monoisotopic (exact) mass is 371 g/mol. The molecule has 3 heterocycles. The highest BCUT2D eigenvalue weighted by molar-refractivity contribution is 7.89. The lowest BCUT2D eigenvalue weighted by atomic mass is 10.2. The van der Waals surface area contributed by atoms with E-state index in [0.717, 1.165) is 24.5 Å². The van der Waals surface area contributed by atoms with Crippen LogP contribution in [0.1, 0.15) is 5.56 Å². The maximum atomic E-state index is 12.4. The number of ether oxygens (including phenoxy) is 1. The number of halogens is 1. The molecule has 0 aliphatic carbocycles. The Bertz CT molecular complexity index is 818. The third-order valence-corrected chi connectivity index (χ3v) is 5.61. The van der Waals surface area contributed by atoms with Crippen molar-refractivity contribution < 1.29 is 13.2 Å². The van der Waals surface area contributed by atoms with Gasteiger partial charge in [0.05, 0.1) is 19.5 Å². The number of anilines is 1. The van der Waals surface area contributed by atoms with Crippen molar-refractivity contribution in [2.75, 3.05) is 31.2 Å². The Labute approximate surface area is 145 Å². The zero-order valence-corrected chi connectivity index (χ0v) is 14.7. The lowest BCUT2D eigenvalue weighted by molar-refractivity contribution is 0.122. The fourth-order valence-corrected chi connectivity index (χ4v) is 3.87. The molecule has 24 heavy (non-hydrogen) atoms. The van der Waals surface area contributed by atoms with Crippen molar-refractivity contribution >= 4 is 27.4 Å². The highest BCUT2D eigenvalue weighted by atomic mass is 35.5. The molecule has 1 N–H and O–H groups in total. The van der Waals surface area contributed by atoms with Gasteiger partial charge in [-0.15, -0.1) is 0 Å². The normalized spacial score (nSPS) is 15.7. The summed E-state index contributed by atoms with van der Waals surface area (Å²) in [5, 5.41) is -0.106. The van der Waals surface area contributed by atoms with Crippen LogP contribution in [0, 0.1) is 0 Å². The number of aryl methyl sites for hydroxylation is 1. The first-order valence-corrected chi connectivity index (χ1v) is 9.28. The van der Waals surface area contributed by atoms with Crippen LogP contribution in [0.25, 0.3) is 0 Å². The molecule has 1 aliphatic heterocycles. The molecule has 1 fully saturated rings. The summed E-state index contributed by atoms with van der Waals surface area (Å²) in [6, 6.07) is 3.63. The zero-order valence-electron chi connectivity index (χ0n) is 13.1. The number of imidazole rings is 1. The number of aromatic nitrogens is 3. The number of morpholine rings is 1. The van der Waals surface area contributed by atoms with Gasteiger partial charge in [0.15, 0.2) is 0 Å². The van der Waals surface area contributed by atoms with Crippen LogP contribution in [0.5, 0.6) is 0 Å². The van der Waals surface area contributed by atoms with Gasteiger partial charge < -0.3 is 14.2 Å². The number of sulfonamides is 1. The average Bonchev–Trinajstić information content (AvgIpc) is 2.94. The molecule has 0 saturated carbocycles. The topological polar surface area (TPSA) is 89.3 Å². The first kappa shape index (κ1) is 17.2. The van der Waals surface area contributed by atoms with Crippen molar-refractivity contribution in [3.05, 3.63) is 35.4 Å². The summed E-state index contributed by atoms with van der Waals surface area (Å²) < 4.78 is 34.1. The van der Waals surface area contributed by atoms with E-state index in [0.29, 0.717) is 13.2 Å². The highest BCUT2D eigenvalue weighted by Gasteiger charge is 2.23. The molecule has 1 saturated heterocycles. The van der Waals surface area contributed by atoms with Crippen LogP contribution in [0.3, 0.4) is 0 Å². The fraction of sp³-hybridized carbons (Fsp3) is 0.429. The van der Waals surface area contributed by atoms with E-state index in [1.54, 1.807) is 19.3 Å². The number of hydrogen-bond donors (Lipinski definition) is 1. The Hall–Kier alpha value is -1.68. The number of nitrogens with zero attached hydrogens (tertiary/aromatic N) is 4. The van der Waals surface area contributed by atoms with Gasteiger partial charge in [0.25, 0.3) is 10.0 Å². The number of pyridine rings is 1. The Balaban J connectivity index is 1.78. The second-order valence-corrected chi connectivity index (χ2v) is 7.40. The molecule has 2 aromatic rings. The van der Waals surface area contributed by atoms with E-state index >= 15 is 0 Å². The largest absolute Gasteiger partial charge is 0.378 e. The minimum absolute atomic E-state index is 0.0714. The third kappa shape index (κ3) is 3.54. The second-order valence-electron chi connectivity index (χ2n) is 5.36. The predicted molar refractivity (Wildman–Crippen MR) is 89.5 cm³/mol. The Morgan fingerprint density at radius 2 is 2.08 bits per heavy atom.